The molecule has 1 atom stereocenters. The molecule has 0 aliphatic carbocycles. The minimum Gasteiger partial charge on any atom is -0.342 e. The van der Waals surface area contributed by atoms with Gasteiger partial charge in [-0.1, -0.05) is 12.1 Å². The van der Waals surface area contributed by atoms with E-state index in [0.29, 0.717) is 21.7 Å². The minimum atomic E-state index is -0.334. The molecule has 7 heteroatoms. The molecular formula is C18H15FN4OS. The summed E-state index contributed by atoms with van der Waals surface area (Å²) in [7, 11) is 0. The van der Waals surface area contributed by atoms with Crippen molar-refractivity contribution in [3.63, 3.8) is 0 Å². The number of benzene rings is 1. The molecule has 1 amide bonds. The third-order valence-corrected chi connectivity index (χ3v) is 5.44. The second-order valence-electron chi connectivity index (χ2n) is 5.85. The highest BCUT2D eigenvalue weighted by molar-refractivity contribution is 7.21. The standard InChI is InChI=1S/C18H15FN4OS/c1-10-15-12(19)6-5-7-13(15)25-16(10)18(24)20-11(2)17-22-21-14-8-3-4-9-23(14)17/h3-9,11H,1-2H3,(H,20,24)/t11-/m0/s1. The van der Waals surface area contributed by atoms with E-state index in [1.807, 2.05) is 41.8 Å². The maximum Gasteiger partial charge on any atom is 0.262 e. The summed E-state index contributed by atoms with van der Waals surface area (Å²) in [6.07, 6.45) is 1.85. The number of rotatable bonds is 3. The summed E-state index contributed by atoms with van der Waals surface area (Å²) in [5.74, 6) is 0.106. The number of hydrogen-bond acceptors (Lipinski definition) is 4. The van der Waals surface area contributed by atoms with Crippen LogP contribution in [-0.4, -0.2) is 20.5 Å². The minimum absolute atomic E-state index is 0.238. The van der Waals surface area contributed by atoms with Crippen LogP contribution in [0.4, 0.5) is 4.39 Å². The van der Waals surface area contributed by atoms with E-state index in [2.05, 4.69) is 15.5 Å². The Morgan fingerprint density at radius 3 is 2.88 bits per heavy atom. The number of halogens is 1. The van der Waals surface area contributed by atoms with Crippen molar-refractivity contribution in [2.24, 2.45) is 0 Å². The number of carbonyl (C=O) groups excluding carboxylic acids is 1. The van der Waals surface area contributed by atoms with Gasteiger partial charge in [-0.3, -0.25) is 9.20 Å². The molecule has 0 saturated heterocycles. The Kier molecular flexibility index (Phi) is 3.73. The van der Waals surface area contributed by atoms with Gasteiger partial charge in [0.15, 0.2) is 11.5 Å². The number of thiophene rings is 1. The number of amides is 1. The quantitative estimate of drug-likeness (QED) is 0.607. The van der Waals surface area contributed by atoms with Gasteiger partial charge in [-0.15, -0.1) is 21.5 Å². The lowest BCUT2D eigenvalue weighted by Crippen LogP contribution is -2.27. The largest absolute Gasteiger partial charge is 0.342 e. The SMILES string of the molecule is Cc1c(C(=O)N[C@@H](C)c2nnc3ccccn23)sc2cccc(F)c12. The van der Waals surface area contributed by atoms with Crippen LogP contribution in [0.2, 0.25) is 0 Å². The van der Waals surface area contributed by atoms with Crippen LogP contribution in [0.5, 0.6) is 0 Å². The van der Waals surface area contributed by atoms with E-state index in [4.69, 9.17) is 0 Å². The molecular weight excluding hydrogens is 339 g/mol. The molecule has 0 radical (unpaired) electrons. The molecule has 0 aliphatic heterocycles. The smallest absolute Gasteiger partial charge is 0.262 e. The van der Waals surface area contributed by atoms with E-state index in [1.54, 1.807) is 13.0 Å². The van der Waals surface area contributed by atoms with Gasteiger partial charge in [0.05, 0.1) is 10.9 Å². The average molecular weight is 354 g/mol. The Morgan fingerprint density at radius 2 is 2.08 bits per heavy atom. The van der Waals surface area contributed by atoms with Gasteiger partial charge in [0.1, 0.15) is 5.82 Å². The molecule has 0 unspecified atom stereocenters. The van der Waals surface area contributed by atoms with E-state index in [1.165, 1.54) is 17.4 Å². The predicted octanol–water partition coefficient (Wildman–Crippen LogP) is 3.88. The zero-order chi connectivity index (χ0) is 17.6. The molecule has 5 nitrogen and oxygen atoms in total. The van der Waals surface area contributed by atoms with Crippen molar-refractivity contribution >= 4 is 33.0 Å². The molecule has 0 spiro atoms. The molecule has 126 valence electrons. The fraction of sp³-hybridized carbons (Fsp3) is 0.167. The third-order valence-electron chi connectivity index (χ3n) is 4.18. The molecule has 3 heterocycles. The number of hydrogen-bond donors (Lipinski definition) is 1. The lowest BCUT2D eigenvalue weighted by molar-refractivity contribution is 0.0942. The van der Waals surface area contributed by atoms with E-state index in [9.17, 15) is 9.18 Å². The van der Waals surface area contributed by atoms with Crippen LogP contribution in [0, 0.1) is 12.7 Å². The Labute approximate surface area is 147 Å². The van der Waals surface area contributed by atoms with Gasteiger partial charge >= 0.3 is 0 Å². The van der Waals surface area contributed by atoms with Gasteiger partial charge in [-0.05, 0) is 43.7 Å². The van der Waals surface area contributed by atoms with Gasteiger partial charge in [0.2, 0.25) is 0 Å². The van der Waals surface area contributed by atoms with Gasteiger partial charge in [0, 0.05) is 16.3 Å². The summed E-state index contributed by atoms with van der Waals surface area (Å²) in [4.78, 5) is 13.2. The topological polar surface area (TPSA) is 59.3 Å². The fourth-order valence-corrected chi connectivity index (χ4v) is 4.08. The Bertz CT molecular complexity index is 1100. The van der Waals surface area contributed by atoms with Crippen molar-refractivity contribution in [2.45, 2.75) is 19.9 Å². The van der Waals surface area contributed by atoms with Crippen LogP contribution in [0.3, 0.4) is 0 Å². The number of pyridine rings is 1. The number of fused-ring (bicyclic) bond motifs is 2. The highest BCUT2D eigenvalue weighted by atomic mass is 32.1. The van der Waals surface area contributed by atoms with Crippen molar-refractivity contribution in [1.82, 2.24) is 19.9 Å². The predicted molar refractivity (Wildman–Crippen MR) is 95.4 cm³/mol. The Morgan fingerprint density at radius 1 is 1.24 bits per heavy atom. The summed E-state index contributed by atoms with van der Waals surface area (Å²) >= 11 is 1.29. The van der Waals surface area contributed by atoms with E-state index >= 15 is 0 Å². The molecule has 3 aromatic heterocycles. The summed E-state index contributed by atoms with van der Waals surface area (Å²) in [5.41, 5.74) is 1.38. The molecule has 0 aliphatic rings. The van der Waals surface area contributed by atoms with Crippen LogP contribution < -0.4 is 5.32 Å². The van der Waals surface area contributed by atoms with Crippen LogP contribution in [0.1, 0.15) is 34.0 Å². The van der Waals surface area contributed by atoms with Gasteiger partial charge in [0.25, 0.3) is 5.91 Å². The van der Waals surface area contributed by atoms with E-state index in [-0.39, 0.29) is 17.8 Å². The highest BCUT2D eigenvalue weighted by Gasteiger charge is 2.21. The highest BCUT2D eigenvalue weighted by Crippen LogP contribution is 2.32. The lowest BCUT2D eigenvalue weighted by atomic mass is 10.1. The van der Waals surface area contributed by atoms with Crippen LogP contribution in [0.15, 0.2) is 42.6 Å². The second-order valence-corrected chi connectivity index (χ2v) is 6.90. The molecule has 0 fully saturated rings. The van der Waals surface area contributed by atoms with Crippen molar-refractivity contribution in [3.05, 3.63) is 64.7 Å². The summed E-state index contributed by atoms with van der Waals surface area (Å²) in [6.45, 7) is 3.62. The average Bonchev–Trinajstić information content (AvgIpc) is 3.17. The molecule has 4 rings (SSSR count). The third kappa shape index (κ3) is 2.56. The van der Waals surface area contributed by atoms with Gasteiger partial charge in [-0.2, -0.15) is 0 Å². The Balaban J connectivity index is 1.66. The maximum absolute atomic E-state index is 14.0. The lowest BCUT2D eigenvalue weighted by Gasteiger charge is -2.12. The van der Waals surface area contributed by atoms with Crippen LogP contribution in [0.25, 0.3) is 15.7 Å². The molecule has 4 aromatic rings. The molecule has 1 aromatic carbocycles. The van der Waals surface area contributed by atoms with Gasteiger partial charge in [-0.25, -0.2) is 4.39 Å². The molecule has 25 heavy (non-hydrogen) atoms. The second kappa shape index (κ2) is 5.93. The first kappa shape index (κ1) is 15.7. The maximum atomic E-state index is 14.0. The zero-order valence-electron chi connectivity index (χ0n) is 13.7. The first-order valence-corrected chi connectivity index (χ1v) is 8.66. The molecule has 0 saturated carbocycles. The zero-order valence-corrected chi connectivity index (χ0v) is 14.5. The number of carbonyl (C=O) groups is 1. The normalized spacial score (nSPS) is 12.6. The first-order valence-electron chi connectivity index (χ1n) is 7.84. The van der Waals surface area contributed by atoms with Gasteiger partial charge < -0.3 is 5.32 Å². The van der Waals surface area contributed by atoms with Crippen LogP contribution >= 0.6 is 11.3 Å². The number of nitrogens with zero attached hydrogens (tertiary/aromatic N) is 3. The van der Waals surface area contributed by atoms with Crippen molar-refractivity contribution in [2.75, 3.05) is 0 Å². The number of aryl methyl sites for hydroxylation is 1. The molecule has 0 bridgehead atoms. The Hall–Kier alpha value is -2.80. The van der Waals surface area contributed by atoms with Crippen LogP contribution in [-0.2, 0) is 0 Å². The summed E-state index contributed by atoms with van der Waals surface area (Å²) in [5, 5.41) is 11.7. The summed E-state index contributed by atoms with van der Waals surface area (Å²) in [6, 6.07) is 10.2. The van der Waals surface area contributed by atoms with E-state index < -0.39 is 0 Å². The van der Waals surface area contributed by atoms with Crippen molar-refractivity contribution < 1.29 is 9.18 Å². The molecule has 1 N–H and O–H groups in total. The fourth-order valence-electron chi connectivity index (χ4n) is 2.95. The van der Waals surface area contributed by atoms with E-state index in [0.717, 1.165) is 10.3 Å². The van der Waals surface area contributed by atoms with Crippen molar-refractivity contribution in [1.29, 1.82) is 0 Å². The number of aromatic nitrogens is 3. The van der Waals surface area contributed by atoms with Crippen molar-refractivity contribution in [3.8, 4) is 0 Å². The first-order chi connectivity index (χ1) is 12.1. The monoisotopic (exact) mass is 354 g/mol. The number of nitrogens with one attached hydrogen (secondary N) is 1. The summed E-state index contributed by atoms with van der Waals surface area (Å²) < 4.78 is 16.6.